The second-order valence-corrected chi connectivity index (χ2v) is 5.80. The number of aryl methyl sites for hydroxylation is 1. The third kappa shape index (κ3) is 3.54. The number of nitrogens with one attached hydrogen (secondary N) is 1. The SMILES string of the molecule is C=C1C(=O)C(NC(=O)OCc2ccccc2)CCc2ccccc21. The maximum Gasteiger partial charge on any atom is 0.408 e. The monoisotopic (exact) mass is 321 g/mol. The van der Waals surface area contributed by atoms with E-state index in [2.05, 4.69) is 11.9 Å². The van der Waals surface area contributed by atoms with Crippen molar-refractivity contribution in [3.05, 3.63) is 77.9 Å². The summed E-state index contributed by atoms with van der Waals surface area (Å²) in [5, 5.41) is 2.67. The molecule has 1 N–H and O–H groups in total. The van der Waals surface area contributed by atoms with Gasteiger partial charge in [-0.05, 0) is 29.5 Å². The number of hydrogen-bond acceptors (Lipinski definition) is 3. The Kier molecular flexibility index (Phi) is 4.75. The summed E-state index contributed by atoms with van der Waals surface area (Å²) in [6, 6.07) is 16.5. The molecule has 0 saturated heterocycles. The first-order chi connectivity index (χ1) is 11.6. The first-order valence-electron chi connectivity index (χ1n) is 7.94. The fourth-order valence-corrected chi connectivity index (χ4v) is 2.85. The average molecular weight is 321 g/mol. The number of carbonyl (C=O) groups excluding carboxylic acids is 2. The minimum absolute atomic E-state index is 0.156. The molecule has 0 spiro atoms. The van der Waals surface area contributed by atoms with E-state index in [1.807, 2.05) is 54.6 Å². The molecule has 1 aliphatic rings. The fourth-order valence-electron chi connectivity index (χ4n) is 2.85. The number of ether oxygens (including phenoxy) is 1. The van der Waals surface area contributed by atoms with E-state index in [0.29, 0.717) is 18.4 Å². The van der Waals surface area contributed by atoms with Gasteiger partial charge in [0, 0.05) is 5.57 Å². The molecule has 0 bridgehead atoms. The van der Waals surface area contributed by atoms with E-state index in [0.717, 1.165) is 16.7 Å². The van der Waals surface area contributed by atoms with Crippen LogP contribution < -0.4 is 5.32 Å². The number of amides is 1. The number of hydrogen-bond donors (Lipinski definition) is 1. The number of ketones is 1. The van der Waals surface area contributed by atoms with Crippen LogP contribution in [0, 0.1) is 0 Å². The van der Waals surface area contributed by atoms with Gasteiger partial charge in [0.2, 0.25) is 0 Å². The van der Waals surface area contributed by atoms with Crippen molar-refractivity contribution >= 4 is 17.4 Å². The van der Waals surface area contributed by atoms with E-state index in [9.17, 15) is 9.59 Å². The molecule has 2 aromatic rings. The lowest BCUT2D eigenvalue weighted by Gasteiger charge is -2.15. The highest BCUT2D eigenvalue weighted by molar-refractivity contribution is 6.23. The molecule has 1 amide bonds. The van der Waals surface area contributed by atoms with Crippen LogP contribution >= 0.6 is 0 Å². The highest BCUT2D eigenvalue weighted by atomic mass is 16.5. The Balaban J connectivity index is 1.62. The van der Waals surface area contributed by atoms with E-state index in [1.54, 1.807) is 0 Å². The first kappa shape index (κ1) is 16.0. The third-order valence-electron chi connectivity index (χ3n) is 4.16. The summed E-state index contributed by atoms with van der Waals surface area (Å²) in [5.74, 6) is -0.156. The number of rotatable bonds is 3. The van der Waals surface area contributed by atoms with Crippen molar-refractivity contribution in [2.24, 2.45) is 0 Å². The quantitative estimate of drug-likeness (QED) is 0.695. The second-order valence-electron chi connectivity index (χ2n) is 5.80. The van der Waals surface area contributed by atoms with Crippen LogP contribution in [0.4, 0.5) is 4.79 Å². The van der Waals surface area contributed by atoms with E-state index in [1.165, 1.54) is 0 Å². The van der Waals surface area contributed by atoms with Gasteiger partial charge in [-0.1, -0.05) is 61.2 Å². The van der Waals surface area contributed by atoms with Gasteiger partial charge in [0.15, 0.2) is 5.78 Å². The van der Waals surface area contributed by atoms with Gasteiger partial charge in [-0.3, -0.25) is 4.79 Å². The number of Topliss-reactive ketones (excluding diaryl/α,β-unsaturated/α-hetero) is 1. The molecule has 122 valence electrons. The minimum Gasteiger partial charge on any atom is -0.445 e. The van der Waals surface area contributed by atoms with Crippen LogP contribution in [0.1, 0.15) is 23.1 Å². The van der Waals surface area contributed by atoms with Crippen LogP contribution in [0.2, 0.25) is 0 Å². The highest BCUT2D eigenvalue weighted by Gasteiger charge is 2.28. The number of alkyl carbamates (subject to hydrolysis) is 1. The molecule has 1 aliphatic carbocycles. The molecular formula is C20H19NO3. The molecule has 0 fully saturated rings. The molecule has 2 aromatic carbocycles. The Hall–Kier alpha value is -2.88. The average Bonchev–Trinajstić information content (AvgIpc) is 2.73. The van der Waals surface area contributed by atoms with E-state index in [-0.39, 0.29) is 12.4 Å². The van der Waals surface area contributed by atoms with E-state index < -0.39 is 12.1 Å². The summed E-state index contributed by atoms with van der Waals surface area (Å²) in [7, 11) is 0. The van der Waals surface area contributed by atoms with Gasteiger partial charge in [-0.2, -0.15) is 0 Å². The van der Waals surface area contributed by atoms with Gasteiger partial charge in [0.05, 0.1) is 6.04 Å². The molecule has 0 aliphatic heterocycles. The van der Waals surface area contributed by atoms with Crippen molar-refractivity contribution in [1.29, 1.82) is 0 Å². The van der Waals surface area contributed by atoms with Crippen molar-refractivity contribution in [2.45, 2.75) is 25.5 Å². The standard InChI is InChI=1S/C20H19NO3/c1-14-17-10-6-5-9-16(17)11-12-18(19(14)22)21-20(23)24-13-15-7-3-2-4-8-15/h2-10,18H,1,11-13H2,(H,21,23). The zero-order valence-electron chi connectivity index (χ0n) is 13.3. The van der Waals surface area contributed by atoms with Crippen LogP contribution in [-0.4, -0.2) is 17.9 Å². The lowest BCUT2D eigenvalue weighted by atomic mass is 9.99. The third-order valence-corrected chi connectivity index (χ3v) is 4.16. The van der Waals surface area contributed by atoms with Crippen molar-refractivity contribution in [3.8, 4) is 0 Å². The molecule has 0 heterocycles. The van der Waals surface area contributed by atoms with Crippen LogP contribution in [-0.2, 0) is 22.6 Å². The van der Waals surface area contributed by atoms with Crippen molar-refractivity contribution < 1.29 is 14.3 Å². The summed E-state index contributed by atoms with van der Waals surface area (Å²) in [4.78, 5) is 24.6. The predicted octanol–water partition coefficient (Wildman–Crippen LogP) is 3.51. The maximum atomic E-state index is 12.5. The van der Waals surface area contributed by atoms with Gasteiger partial charge in [-0.25, -0.2) is 4.79 Å². The Morgan fingerprint density at radius 2 is 1.83 bits per heavy atom. The molecule has 0 aromatic heterocycles. The molecular weight excluding hydrogens is 302 g/mol. The van der Waals surface area contributed by atoms with E-state index >= 15 is 0 Å². The molecule has 4 nitrogen and oxygen atoms in total. The Morgan fingerprint density at radius 1 is 1.12 bits per heavy atom. The smallest absolute Gasteiger partial charge is 0.408 e. The highest BCUT2D eigenvalue weighted by Crippen LogP contribution is 2.26. The molecule has 0 saturated carbocycles. The Labute approximate surface area is 141 Å². The van der Waals surface area contributed by atoms with Gasteiger partial charge in [-0.15, -0.1) is 0 Å². The second kappa shape index (κ2) is 7.13. The van der Waals surface area contributed by atoms with Gasteiger partial charge < -0.3 is 10.1 Å². The van der Waals surface area contributed by atoms with Crippen LogP contribution in [0.3, 0.4) is 0 Å². The maximum absolute atomic E-state index is 12.5. The summed E-state index contributed by atoms with van der Waals surface area (Å²) in [6.45, 7) is 4.08. The number of carbonyl (C=O) groups is 2. The molecule has 3 rings (SSSR count). The summed E-state index contributed by atoms with van der Waals surface area (Å²) >= 11 is 0. The van der Waals surface area contributed by atoms with Crippen LogP contribution in [0.5, 0.6) is 0 Å². The number of fused-ring (bicyclic) bond motifs is 1. The predicted molar refractivity (Wildman–Crippen MR) is 92.4 cm³/mol. The normalized spacial score (nSPS) is 16.9. The van der Waals surface area contributed by atoms with Crippen molar-refractivity contribution in [1.82, 2.24) is 5.32 Å². The minimum atomic E-state index is -0.604. The largest absolute Gasteiger partial charge is 0.445 e. The summed E-state index contributed by atoms with van der Waals surface area (Å²) in [6.07, 6.45) is 0.663. The lowest BCUT2D eigenvalue weighted by molar-refractivity contribution is -0.115. The van der Waals surface area contributed by atoms with Crippen LogP contribution in [0.25, 0.3) is 5.57 Å². The summed E-state index contributed by atoms with van der Waals surface area (Å²) < 4.78 is 5.20. The Morgan fingerprint density at radius 3 is 2.62 bits per heavy atom. The summed E-state index contributed by atoms with van der Waals surface area (Å²) in [5.41, 5.74) is 3.29. The molecule has 4 heteroatoms. The Bertz CT molecular complexity index is 767. The molecule has 1 unspecified atom stereocenters. The van der Waals surface area contributed by atoms with Crippen molar-refractivity contribution in [3.63, 3.8) is 0 Å². The topological polar surface area (TPSA) is 55.4 Å². The molecule has 0 radical (unpaired) electrons. The van der Waals surface area contributed by atoms with Gasteiger partial charge in [0.1, 0.15) is 6.61 Å². The van der Waals surface area contributed by atoms with Gasteiger partial charge in [0.25, 0.3) is 0 Å². The van der Waals surface area contributed by atoms with Crippen LogP contribution in [0.15, 0.2) is 61.2 Å². The van der Waals surface area contributed by atoms with Gasteiger partial charge >= 0.3 is 6.09 Å². The fraction of sp³-hybridized carbons (Fsp3) is 0.200. The molecule has 1 atom stereocenters. The molecule has 24 heavy (non-hydrogen) atoms. The van der Waals surface area contributed by atoms with E-state index in [4.69, 9.17) is 4.74 Å². The first-order valence-corrected chi connectivity index (χ1v) is 7.94. The van der Waals surface area contributed by atoms with Crippen molar-refractivity contribution in [2.75, 3.05) is 0 Å². The number of benzene rings is 2. The lowest BCUT2D eigenvalue weighted by Crippen LogP contribution is -2.40. The zero-order valence-corrected chi connectivity index (χ0v) is 13.3. The zero-order chi connectivity index (χ0) is 16.9.